The Morgan fingerprint density at radius 1 is 1.45 bits per heavy atom. The first kappa shape index (κ1) is 14.5. The van der Waals surface area contributed by atoms with Crippen molar-refractivity contribution in [2.75, 3.05) is 24.6 Å². The number of fused-ring (bicyclic) bond motifs is 1. The van der Waals surface area contributed by atoms with Crippen molar-refractivity contribution in [3.05, 3.63) is 29.8 Å². The molecule has 0 spiro atoms. The lowest BCUT2D eigenvalue weighted by molar-refractivity contribution is -0.145. The predicted molar refractivity (Wildman–Crippen MR) is 74.9 cm³/mol. The molecular formula is C15H19NO4. The van der Waals surface area contributed by atoms with Crippen LogP contribution in [0, 0.1) is 0 Å². The van der Waals surface area contributed by atoms with Gasteiger partial charge in [-0.15, -0.1) is 0 Å². The van der Waals surface area contributed by atoms with Gasteiger partial charge in [-0.3, -0.25) is 9.59 Å². The van der Waals surface area contributed by atoms with Crippen molar-refractivity contribution in [2.24, 2.45) is 0 Å². The summed E-state index contributed by atoms with van der Waals surface area (Å²) in [7, 11) is 0. The molecule has 1 aromatic rings. The molecule has 0 bridgehead atoms. The summed E-state index contributed by atoms with van der Waals surface area (Å²) in [6.45, 7) is 2.93. The van der Waals surface area contributed by atoms with Gasteiger partial charge in [-0.25, -0.2) is 0 Å². The summed E-state index contributed by atoms with van der Waals surface area (Å²) in [6, 6.07) is 7.35. The number of benzene rings is 1. The predicted octanol–water partition coefficient (Wildman–Crippen LogP) is 1.39. The molecular weight excluding hydrogens is 258 g/mol. The maximum Gasteiger partial charge on any atom is 0.308 e. The molecule has 1 N–H and O–H groups in total. The summed E-state index contributed by atoms with van der Waals surface area (Å²) in [5.74, 6) is -0.280. The zero-order valence-corrected chi connectivity index (χ0v) is 11.5. The van der Waals surface area contributed by atoms with Crippen molar-refractivity contribution in [2.45, 2.75) is 25.9 Å². The summed E-state index contributed by atoms with van der Waals surface area (Å²) in [5.41, 5.74) is 1.51. The summed E-state index contributed by atoms with van der Waals surface area (Å²) in [4.78, 5) is 25.1. The zero-order chi connectivity index (χ0) is 14.5. The van der Waals surface area contributed by atoms with E-state index in [1.807, 2.05) is 23.1 Å². The largest absolute Gasteiger partial charge is 0.466 e. The number of esters is 1. The Morgan fingerprint density at radius 3 is 2.95 bits per heavy atom. The monoisotopic (exact) mass is 277 g/mol. The van der Waals surface area contributed by atoms with Crippen LogP contribution in [-0.4, -0.2) is 42.7 Å². The van der Waals surface area contributed by atoms with E-state index in [0.717, 1.165) is 5.69 Å². The summed E-state index contributed by atoms with van der Waals surface area (Å²) < 4.78 is 4.82. The van der Waals surface area contributed by atoms with Crippen LogP contribution in [0.1, 0.15) is 30.1 Å². The second-order valence-electron chi connectivity index (χ2n) is 4.80. The second kappa shape index (κ2) is 6.52. The quantitative estimate of drug-likeness (QED) is 0.824. The zero-order valence-electron chi connectivity index (χ0n) is 11.5. The molecule has 1 aliphatic rings. The fourth-order valence-corrected chi connectivity index (χ4v) is 2.40. The number of ketones is 1. The highest BCUT2D eigenvalue weighted by molar-refractivity contribution is 6.03. The van der Waals surface area contributed by atoms with E-state index in [1.165, 1.54) is 0 Å². The van der Waals surface area contributed by atoms with E-state index < -0.39 is 12.1 Å². The van der Waals surface area contributed by atoms with Gasteiger partial charge in [0.1, 0.15) is 0 Å². The van der Waals surface area contributed by atoms with Crippen LogP contribution in [0.25, 0.3) is 0 Å². The number of hydrogen-bond acceptors (Lipinski definition) is 5. The minimum Gasteiger partial charge on any atom is -0.466 e. The molecule has 1 aromatic carbocycles. The first-order valence-electron chi connectivity index (χ1n) is 6.82. The van der Waals surface area contributed by atoms with Crippen LogP contribution >= 0.6 is 0 Å². The van der Waals surface area contributed by atoms with E-state index in [9.17, 15) is 14.7 Å². The van der Waals surface area contributed by atoms with Crippen LogP contribution in [0.4, 0.5) is 5.69 Å². The summed E-state index contributed by atoms with van der Waals surface area (Å²) >= 11 is 0. The maximum atomic E-state index is 11.8. The van der Waals surface area contributed by atoms with Gasteiger partial charge in [-0.05, 0) is 19.1 Å². The minimum absolute atomic E-state index is 0.0273. The van der Waals surface area contributed by atoms with Gasteiger partial charge in [0.2, 0.25) is 0 Å². The molecule has 1 aliphatic heterocycles. The Balaban J connectivity index is 2.02. The topological polar surface area (TPSA) is 66.8 Å². The number of hydrogen-bond donors (Lipinski definition) is 1. The third-order valence-corrected chi connectivity index (χ3v) is 3.29. The number of aliphatic hydroxyl groups is 1. The standard InChI is InChI=1S/C15H19NO4/c1-2-20-15(19)9-11(17)10-16-8-7-14(18)12-5-3-4-6-13(12)16/h3-6,11,17H,2,7-10H2,1H3. The number of aliphatic hydroxyl groups excluding tert-OH is 1. The Labute approximate surface area is 118 Å². The van der Waals surface area contributed by atoms with Crippen molar-refractivity contribution in [3.8, 4) is 0 Å². The van der Waals surface area contributed by atoms with E-state index in [0.29, 0.717) is 31.7 Å². The van der Waals surface area contributed by atoms with Crippen molar-refractivity contribution < 1.29 is 19.4 Å². The first-order valence-corrected chi connectivity index (χ1v) is 6.82. The molecule has 108 valence electrons. The van der Waals surface area contributed by atoms with Crippen molar-refractivity contribution in [1.82, 2.24) is 0 Å². The number of carbonyl (C=O) groups is 2. The second-order valence-corrected chi connectivity index (χ2v) is 4.80. The van der Waals surface area contributed by atoms with E-state index in [4.69, 9.17) is 4.74 Å². The van der Waals surface area contributed by atoms with Crippen molar-refractivity contribution >= 4 is 17.4 Å². The van der Waals surface area contributed by atoms with E-state index in [-0.39, 0.29) is 12.2 Å². The van der Waals surface area contributed by atoms with Crippen LogP contribution in [0.2, 0.25) is 0 Å². The Hall–Kier alpha value is -1.88. The molecule has 0 amide bonds. The van der Waals surface area contributed by atoms with Gasteiger partial charge in [0.05, 0.1) is 19.1 Å². The lowest BCUT2D eigenvalue weighted by Crippen LogP contribution is -2.38. The summed E-state index contributed by atoms with van der Waals surface area (Å²) in [5, 5.41) is 9.96. The lowest BCUT2D eigenvalue weighted by atomic mass is 10.00. The normalized spacial score (nSPS) is 15.7. The SMILES string of the molecule is CCOC(=O)CC(O)CN1CCC(=O)c2ccccc21. The maximum absolute atomic E-state index is 11.8. The molecule has 5 nitrogen and oxygen atoms in total. The van der Waals surface area contributed by atoms with Crippen LogP contribution in [0.5, 0.6) is 0 Å². The number of ether oxygens (including phenoxy) is 1. The number of carbonyl (C=O) groups excluding carboxylic acids is 2. The number of nitrogens with zero attached hydrogens (tertiary/aromatic N) is 1. The van der Waals surface area contributed by atoms with Gasteiger partial charge in [-0.2, -0.15) is 0 Å². The Bertz CT molecular complexity index is 500. The van der Waals surface area contributed by atoms with E-state index in [1.54, 1.807) is 13.0 Å². The molecule has 0 saturated carbocycles. The number of rotatable bonds is 5. The van der Waals surface area contributed by atoms with Gasteiger partial charge in [-0.1, -0.05) is 12.1 Å². The number of Topliss-reactive ketones (excluding diaryl/α,β-unsaturated/α-hetero) is 1. The third-order valence-electron chi connectivity index (χ3n) is 3.29. The summed E-state index contributed by atoms with van der Waals surface area (Å²) in [6.07, 6.45) is -0.390. The van der Waals surface area contributed by atoms with Gasteiger partial charge in [0, 0.05) is 30.8 Å². The molecule has 0 saturated heterocycles. The molecule has 5 heteroatoms. The third kappa shape index (κ3) is 3.36. The minimum atomic E-state index is -0.796. The molecule has 20 heavy (non-hydrogen) atoms. The number of para-hydroxylation sites is 1. The average molecular weight is 277 g/mol. The Kier molecular flexibility index (Phi) is 4.74. The molecule has 0 radical (unpaired) electrons. The van der Waals surface area contributed by atoms with Crippen molar-refractivity contribution in [3.63, 3.8) is 0 Å². The lowest BCUT2D eigenvalue weighted by Gasteiger charge is -2.31. The van der Waals surface area contributed by atoms with Gasteiger partial charge < -0.3 is 14.7 Å². The molecule has 0 fully saturated rings. The fourth-order valence-electron chi connectivity index (χ4n) is 2.40. The average Bonchev–Trinajstić information content (AvgIpc) is 2.42. The van der Waals surface area contributed by atoms with Crippen LogP contribution in [0.3, 0.4) is 0 Å². The van der Waals surface area contributed by atoms with Crippen molar-refractivity contribution in [1.29, 1.82) is 0 Å². The molecule has 0 aromatic heterocycles. The molecule has 1 heterocycles. The van der Waals surface area contributed by atoms with Gasteiger partial charge in [0.15, 0.2) is 5.78 Å². The Morgan fingerprint density at radius 2 is 2.20 bits per heavy atom. The molecule has 1 unspecified atom stereocenters. The number of β-amino-alcohol motifs (C(OH)–C–C–N with tert-alkyl or cyclic N) is 1. The highest BCUT2D eigenvalue weighted by Gasteiger charge is 2.24. The molecule has 0 aliphatic carbocycles. The van der Waals surface area contributed by atoms with Gasteiger partial charge >= 0.3 is 5.97 Å². The van der Waals surface area contributed by atoms with Crippen LogP contribution in [0.15, 0.2) is 24.3 Å². The fraction of sp³-hybridized carbons (Fsp3) is 0.467. The van der Waals surface area contributed by atoms with Crippen LogP contribution < -0.4 is 4.90 Å². The molecule has 2 rings (SSSR count). The highest BCUT2D eigenvalue weighted by Crippen LogP contribution is 2.26. The molecule has 1 atom stereocenters. The van der Waals surface area contributed by atoms with Gasteiger partial charge in [0.25, 0.3) is 0 Å². The highest BCUT2D eigenvalue weighted by atomic mass is 16.5. The van der Waals surface area contributed by atoms with Crippen LogP contribution in [-0.2, 0) is 9.53 Å². The first-order chi connectivity index (χ1) is 9.61. The van der Waals surface area contributed by atoms with E-state index >= 15 is 0 Å². The van der Waals surface area contributed by atoms with E-state index in [2.05, 4.69) is 0 Å². The smallest absolute Gasteiger partial charge is 0.308 e. The number of anilines is 1.